The first kappa shape index (κ1) is 7.78. The average Bonchev–Trinajstić information content (AvgIpc) is 1.85. The van der Waals surface area contributed by atoms with Crippen molar-refractivity contribution in [3.05, 3.63) is 21.4 Å². The fraction of sp³-hybridized carbons (Fsp3) is 0.286. The third-order valence-electron chi connectivity index (χ3n) is 1.10. The van der Waals surface area contributed by atoms with Crippen molar-refractivity contribution < 1.29 is 4.74 Å². The molecule has 0 aliphatic heterocycles. The van der Waals surface area contributed by atoms with E-state index in [2.05, 4.69) is 27.6 Å². The van der Waals surface area contributed by atoms with Gasteiger partial charge in [-0.25, -0.2) is 4.98 Å². The molecule has 0 bridgehead atoms. The normalized spacial score (nSPS) is 9.50. The molecule has 1 rings (SSSR count). The van der Waals surface area contributed by atoms with E-state index in [1.165, 1.54) is 0 Å². The monoisotopic (exact) mass is 249 g/mol. The topological polar surface area (TPSA) is 22.1 Å². The van der Waals surface area contributed by atoms with Crippen LogP contribution in [0.15, 0.2) is 12.1 Å². The first-order chi connectivity index (χ1) is 4.72. The highest BCUT2D eigenvalue weighted by atomic mass is 127. The Morgan fingerprint density at radius 3 is 2.70 bits per heavy atom. The minimum absolute atomic E-state index is 0.685. The van der Waals surface area contributed by atoms with E-state index in [-0.39, 0.29) is 0 Å². The summed E-state index contributed by atoms with van der Waals surface area (Å²) < 4.78 is 6.11. The second-order valence-electron chi connectivity index (χ2n) is 1.97. The van der Waals surface area contributed by atoms with Gasteiger partial charge in [0, 0.05) is 15.3 Å². The van der Waals surface area contributed by atoms with Gasteiger partial charge in [-0.3, -0.25) is 0 Å². The Bertz CT molecular complexity index is 217. The number of rotatable bonds is 1. The van der Waals surface area contributed by atoms with Gasteiger partial charge >= 0.3 is 0 Å². The first-order valence-corrected chi connectivity index (χ1v) is 3.98. The van der Waals surface area contributed by atoms with Crippen LogP contribution in [0.4, 0.5) is 0 Å². The molecule has 2 nitrogen and oxygen atoms in total. The van der Waals surface area contributed by atoms with Crippen molar-refractivity contribution in [3.63, 3.8) is 0 Å². The molecule has 0 atom stereocenters. The molecule has 0 aromatic carbocycles. The van der Waals surface area contributed by atoms with Crippen molar-refractivity contribution in [3.8, 4) is 5.88 Å². The van der Waals surface area contributed by atoms with Gasteiger partial charge in [0.15, 0.2) is 0 Å². The van der Waals surface area contributed by atoms with E-state index in [0.717, 1.165) is 9.26 Å². The summed E-state index contributed by atoms with van der Waals surface area (Å²) in [6.45, 7) is 1.95. The highest BCUT2D eigenvalue weighted by Crippen LogP contribution is 2.12. The van der Waals surface area contributed by atoms with Crippen molar-refractivity contribution in [2.24, 2.45) is 0 Å². The minimum atomic E-state index is 0.685. The molecule has 1 aromatic rings. The number of hydrogen-bond acceptors (Lipinski definition) is 2. The van der Waals surface area contributed by atoms with E-state index in [1.54, 1.807) is 7.11 Å². The molecule has 10 heavy (non-hydrogen) atoms. The van der Waals surface area contributed by atoms with Crippen molar-refractivity contribution >= 4 is 22.6 Å². The van der Waals surface area contributed by atoms with Crippen LogP contribution in [0.3, 0.4) is 0 Å². The van der Waals surface area contributed by atoms with Gasteiger partial charge in [-0.05, 0) is 35.6 Å². The van der Waals surface area contributed by atoms with E-state index >= 15 is 0 Å². The van der Waals surface area contributed by atoms with Gasteiger partial charge in [0.1, 0.15) is 0 Å². The average molecular weight is 249 g/mol. The lowest BCUT2D eigenvalue weighted by atomic mass is 10.4. The number of methoxy groups -OCH3 is 1. The molecule has 0 fully saturated rings. The molecule has 0 amide bonds. The van der Waals surface area contributed by atoms with Gasteiger partial charge < -0.3 is 4.74 Å². The quantitative estimate of drug-likeness (QED) is 0.710. The highest BCUT2D eigenvalue weighted by Gasteiger charge is 1.95. The third-order valence-corrected chi connectivity index (χ3v) is 1.73. The lowest BCUT2D eigenvalue weighted by Gasteiger charge is -1.99. The maximum atomic E-state index is 4.96. The van der Waals surface area contributed by atoms with Crippen LogP contribution in [-0.2, 0) is 0 Å². The molecule has 3 heteroatoms. The Morgan fingerprint density at radius 2 is 2.20 bits per heavy atom. The maximum absolute atomic E-state index is 4.96. The van der Waals surface area contributed by atoms with Crippen LogP contribution in [0.25, 0.3) is 0 Å². The molecule has 0 radical (unpaired) electrons. The zero-order chi connectivity index (χ0) is 7.56. The summed E-state index contributed by atoms with van der Waals surface area (Å²) >= 11 is 2.23. The van der Waals surface area contributed by atoms with Gasteiger partial charge in [-0.15, -0.1) is 0 Å². The summed E-state index contributed by atoms with van der Waals surface area (Å²) in [5.74, 6) is 0.685. The summed E-state index contributed by atoms with van der Waals surface area (Å²) in [4.78, 5) is 4.13. The summed E-state index contributed by atoms with van der Waals surface area (Å²) in [7, 11) is 1.62. The fourth-order valence-corrected chi connectivity index (χ4v) is 1.42. The van der Waals surface area contributed by atoms with Crippen LogP contribution < -0.4 is 4.74 Å². The van der Waals surface area contributed by atoms with Gasteiger partial charge in [0.25, 0.3) is 0 Å². The Balaban J connectivity index is 3.06. The SMILES string of the molecule is COc1cc(I)cc(C)n1. The summed E-state index contributed by atoms with van der Waals surface area (Å²) in [6, 6.07) is 3.90. The summed E-state index contributed by atoms with van der Waals surface area (Å²) in [6.07, 6.45) is 0. The molecule has 0 aliphatic carbocycles. The third kappa shape index (κ3) is 1.83. The minimum Gasteiger partial charge on any atom is -0.481 e. The van der Waals surface area contributed by atoms with Crippen LogP contribution in [0.1, 0.15) is 5.69 Å². The largest absolute Gasteiger partial charge is 0.481 e. The van der Waals surface area contributed by atoms with E-state index in [0.29, 0.717) is 5.88 Å². The number of nitrogens with zero attached hydrogens (tertiary/aromatic N) is 1. The summed E-state index contributed by atoms with van der Waals surface area (Å²) in [5.41, 5.74) is 0.990. The lowest BCUT2D eigenvalue weighted by molar-refractivity contribution is 0.396. The zero-order valence-corrected chi connectivity index (χ0v) is 8.05. The van der Waals surface area contributed by atoms with Crippen molar-refractivity contribution in [2.75, 3.05) is 7.11 Å². The van der Waals surface area contributed by atoms with Crippen molar-refractivity contribution in [1.82, 2.24) is 4.98 Å². The molecular formula is C7H8INO. The van der Waals surface area contributed by atoms with Gasteiger partial charge in [-0.2, -0.15) is 0 Å². The Kier molecular flexibility index (Phi) is 2.48. The smallest absolute Gasteiger partial charge is 0.214 e. The molecule has 1 aromatic heterocycles. The predicted octanol–water partition coefficient (Wildman–Crippen LogP) is 2.00. The molecule has 54 valence electrons. The molecule has 0 N–H and O–H groups in total. The zero-order valence-electron chi connectivity index (χ0n) is 5.89. The van der Waals surface area contributed by atoms with Crippen LogP contribution in [0, 0.1) is 10.5 Å². The Labute approximate surface area is 73.8 Å². The number of pyridine rings is 1. The summed E-state index contributed by atoms with van der Waals surface area (Å²) in [5, 5.41) is 0. The standard InChI is InChI=1S/C7H8INO/c1-5-3-6(8)4-7(9-5)10-2/h3-4H,1-2H3. The van der Waals surface area contributed by atoms with Crippen molar-refractivity contribution in [2.45, 2.75) is 6.92 Å². The predicted molar refractivity (Wildman–Crippen MR) is 48.2 cm³/mol. The first-order valence-electron chi connectivity index (χ1n) is 2.90. The van der Waals surface area contributed by atoms with E-state index in [9.17, 15) is 0 Å². The molecule has 0 aliphatic rings. The van der Waals surface area contributed by atoms with Gasteiger partial charge in [-0.1, -0.05) is 0 Å². The molecule has 0 unspecified atom stereocenters. The maximum Gasteiger partial charge on any atom is 0.214 e. The van der Waals surface area contributed by atoms with Crippen LogP contribution in [-0.4, -0.2) is 12.1 Å². The molecule has 0 saturated heterocycles. The number of ether oxygens (including phenoxy) is 1. The van der Waals surface area contributed by atoms with Gasteiger partial charge in [0.05, 0.1) is 7.11 Å². The van der Waals surface area contributed by atoms with Crippen LogP contribution >= 0.6 is 22.6 Å². The molecule has 0 saturated carbocycles. The Hall–Kier alpha value is -0.320. The highest BCUT2D eigenvalue weighted by molar-refractivity contribution is 14.1. The van der Waals surface area contributed by atoms with Crippen LogP contribution in [0.5, 0.6) is 5.88 Å². The van der Waals surface area contributed by atoms with Crippen molar-refractivity contribution in [1.29, 1.82) is 0 Å². The number of halogens is 1. The van der Waals surface area contributed by atoms with Crippen LogP contribution in [0.2, 0.25) is 0 Å². The number of hydrogen-bond donors (Lipinski definition) is 0. The van der Waals surface area contributed by atoms with E-state index < -0.39 is 0 Å². The molecule has 0 spiro atoms. The Morgan fingerprint density at radius 1 is 1.50 bits per heavy atom. The molecular weight excluding hydrogens is 241 g/mol. The van der Waals surface area contributed by atoms with E-state index in [4.69, 9.17) is 4.74 Å². The molecule has 1 heterocycles. The fourth-order valence-electron chi connectivity index (χ4n) is 0.702. The lowest BCUT2D eigenvalue weighted by Crippen LogP contribution is -1.90. The van der Waals surface area contributed by atoms with E-state index in [1.807, 2.05) is 19.1 Å². The number of aryl methyl sites for hydroxylation is 1. The second kappa shape index (κ2) is 3.18. The van der Waals surface area contributed by atoms with Gasteiger partial charge in [0.2, 0.25) is 5.88 Å². The number of aromatic nitrogens is 1. The second-order valence-corrected chi connectivity index (χ2v) is 3.21.